The zero-order chi connectivity index (χ0) is 21.5. The average molecular weight is 414 g/mol. The summed E-state index contributed by atoms with van der Waals surface area (Å²) in [6.07, 6.45) is 2.79. The number of aromatic nitrogens is 1. The van der Waals surface area contributed by atoms with E-state index in [1.165, 1.54) is 11.1 Å². The second kappa shape index (κ2) is 10.0. The van der Waals surface area contributed by atoms with Crippen molar-refractivity contribution >= 4 is 11.8 Å². The van der Waals surface area contributed by atoms with Gasteiger partial charge in [0.1, 0.15) is 0 Å². The van der Waals surface area contributed by atoms with Gasteiger partial charge in [-0.05, 0) is 29.7 Å². The topological polar surface area (TPSA) is 62.3 Å². The van der Waals surface area contributed by atoms with Crippen LogP contribution in [-0.2, 0) is 16.1 Å². The standard InChI is InChI=1S/C26H27N3O2/c30-25-17-22(18-29(25)19-23-13-7-8-15-27-23)26(31)28-16-14-24(20-9-3-1-4-10-20)21-11-5-2-6-12-21/h1-13,15,22,24H,14,16-19H2,(H,28,31). The van der Waals surface area contributed by atoms with Crippen molar-refractivity contribution in [1.82, 2.24) is 15.2 Å². The molecular weight excluding hydrogens is 386 g/mol. The Balaban J connectivity index is 1.33. The minimum atomic E-state index is -0.303. The molecule has 3 aromatic rings. The molecule has 0 saturated carbocycles. The Labute approximate surface area is 183 Å². The van der Waals surface area contributed by atoms with Crippen molar-refractivity contribution in [2.75, 3.05) is 13.1 Å². The number of amides is 2. The van der Waals surface area contributed by atoms with Gasteiger partial charge in [0.25, 0.3) is 0 Å². The summed E-state index contributed by atoms with van der Waals surface area (Å²) in [5.74, 6) is -0.120. The van der Waals surface area contributed by atoms with E-state index in [0.717, 1.165) is 12.1 Å². The third kappa shape index (κ3) is 5.37. The van der Waals surface area contributed by atoms with Crippen molar-refractivity contribution in [2.45, 2.75) is 25.3 Å². The van der Waals surface area contributed by atoms with Crippen molar-refractivity contribution in [2.24, 2.45) is 5.92 Å². The van der Waals surface area contributed by atoms with Gasteiger partial charge in [-0.2, -0.15) is 0 Å². The first-order valence-electron chi connectivity index (χ1n) is 10.8. The number of hydrogen-bond donors (Lipinski definition) is 1. The number of hydrogen-bond acceptors (Lipinski definition) is 3. The fourth-order valence-corrected chi connectivity index (χ4v) is 4.17. The van der Waals surface area contributed by atoms with Gasteiger partial charge in [-0.3, -0.25) is 14.6 Å². The van der Waals surface area contributed by atoms with Gasteiger partial charge in [0.05, 0.1) is 18.2 Å². The van der Waals surface area contributed by atoms with Crippen molar-refractivity contribution in [1.29, 1.82) is 0 Å². The zero-order valence-corrected chi connectivity index (χ0v) is 17.5. The fraction of sp³-hybridized carbons (Fsp3) is 0.269. The molecule has 158 valence electrons. The van der Waals surface area contributed by atoms with Gasteiger partial charge in [0.15, 0.2) is 0 Å². The van der Waals surface area contributed by atoms with E-state index < -0.39 is 0 Å². The van der Waals surface area contributed by atoms with Gasteiger partial charge in [-0.1, -0.05) is 66.7 Å². The Bertz CT molecular complexity index is 953. The van der Waals surface area contributed by atoms with E-state index in [1.54, 1.807) is 11.1 Å². The minimum absolute atomic E-state index is 0.0113. The summed E-state index contributed by atoms with van der Waals surface area (Å²) < 4.78 is 0. The van der Waals surface area contributed by atoms with Gasteiger partial charge in [-0.25, -0.2) is 0 Å². The summed E-state index contributed by atoms with van der Waals surface area (Å²) >= 11 is 0. The summed E-state index contributed by atoms with van der Waals surface area (Å²) in [6.45, 7) is 1.47. The van der Waals surface area contributed by atoms with Gasteiger partial charge in [0, 0.05) is 31.6 Å². The van der Waals surface area contributed by atoms with E-state index in [2.05, 4.69) is 34.6 Å². The predicted octanol–water partition coefficient (Wildman–Crippen LogP) is 3.77. The molecule has 2 aromatic carbocycles. The Kier molecular flexibility index (Phi) is 6.72. The number of likely N-dealkylation sites (tertiary alicyclic amines) is 1. The first-order valence-corrected chi connectivity index (χ1v) is 10.8. The Morgan fingerprint density at radius 1 is 0.968 bits per heavy atom. The molecule has 2 heterocycles. The average Bonchev–Trinajstić information content (AvgIpc) is 3.18. The molecule has 5 nitrogen and oxygen atoms in total. The normalized spacial score (nSPS) is 16.0. The van der Waals surface area contributed by atoms with Crippen LogP contribution in [0.4, 0.5) is 0 Å². The second-order valence-corrected chi connectivity index (χ2v) is 7.95. The highest BCUT2D eigenvalue weighted by Crippen LogP contribution is 2.27. The Hall–Kier alpha value is -3.47. The van der Waals surface area contributed by atoms with Crippen LogP contribution in [-0.4, -0.2) is 34.8 Å². The van der Waals surface area contributed by atoms with Crippen LogP contribution >= 0.6 is 0 Å². The van der Waals surface area contributed by atoms with Crippen LogP contribution in [0.15, 0.2) is 85.1 Å². The van der Waals surface area contributed by atoms with Crippen molar-refractivity contribution in [3.63, 3.8) is 0 Å². The van der Waals surface area contributed by atoms with Crippen molar-refractivity contribution in [3.05, 3.63) is 102 Å². The summed E-state index contributed by atoms with van der Waals surface area (Å²) in [7, 11) is 0. The zero-order valence-electron chi connectivity index (χ0n) is 17.5. The molecule has 5 heteroatoms. The lowest BCUT2D eigenvalue weighted by molar-refractivity contribution is -0.129. The lowest BCUT2D eigenvalue weighted by Crippen LogP contribution is -2.34. The van der Waals surface area contributed by atoms with E-state index in [4.69, 9.17) is 0 Å². The largest absolute Gasteiger partial charge is 0.356 e. The monoisotopic (exact) mass is 413 g/mol. The van der Waals surface area contributed by atoms with Crippen LogP contribution < -0.4 is 5.32 Å². The van der Waals surface area contributed by atoms with Gasteiger partial charge in [-0.15, -0.1) is 0 Å². The number of nitrogens with one attached hydrogen (secondary N) is 1. The van der Waals surface area contributed by atoms with Gasteiger partial charge >= 0.3 is 0 Å². The van der Waals surface area contributed by atoms with Gasteiger partial charge in [0.2, 0.25) is 11.8 Å². The number of rotatable bonds is 8. The molecule has 1 aliphatic heterocycles. The van der Waals surface area contributed by atoms with E-state index in [-0.39, 0.29) is 30.1 Å². The maximum Gasteiger partial charge on any atom is 0.225 e. The molecule has 1 aliphatic rings. The smallest absolute Gasteiger partial charge is 0.225 e. The van der Waals surface area contributed by atoms with Crippen molar-refractivity contribution < 1.29 is 9.59 Å². The van der Waals surface area contributed by atoms with E-state index in [9.17, 15) is 9.59 Å². The molecule has 0 aliphatic carbocycles. The van der Waals surface area contributed by atoms with Crippen molar-refractivity contribution in [3.8, 4) is 0 Å². The molecule has 1 fully saturated rings. The molecular formula is C26H27N3O2. The number of carbonyl (C=O) groups is 2. The molecule has 4 rings (SSSR count). The molecule has 1 aromatic heterocycles. The number of carbonyl (C=O) groups excluding carboxylic acids is 2. The Morgan fingerprint density at radius 2 is 1.61 bits per heavy atom. The Morgan fingerprint density at radius 3 is 2.23 bits per heavy atom. The number of benzene rings is 2. The lowest BCUT2D eigenvalue weighted by Gasteiger charge is -2.19. The fourth-order valence-electron chi connectivity index (χ4n) is 4.17. The lowest BCUT2D eigenvalue weighted by atomic mass is 9.88. The molecule has 1 N–H and O–H groups in total. The summed E-state index contributed by atoms with van der Waals surface area (Å²) in [6, 6.07) is 26.4. The third-order valence-electron chi connectivity index (χ3n) is 5.80. The predicted molar refractivity (Wildman–Crippen MR) is 120 cm³/mol. The molecule has 31 heavy (non-hydrogen) atoms. The first kappa shape index (κ1) is 20.8. The summed E-state index contributed by atoms with van der Waals surface area (Å²) in [5.41, 5.74) is 3.31. The maximum absolute atomic E-state index is 12.7. The highest BCUT2D eigenvalue weighted by molar-refractivity contribution is 5.89. The first-order chi connectivity index (χ1) is 15.2. The quantitative estimate of drug-likeness (QED) is 0.612. The van der Waals surface area contributed by atoms with E-state index >= 15 is 0 Å². The van der Waals surface area contributed by atoms with Crippen LogP contribution in [0.1, 0.15) is 35.6 Å². The molecule has 0 radical (unpaired) electrons. The maximum atomic E-state index is 12.7. The van der Waals surface area contributed by atoms with E-state index in [1.807, 2.05) is 54.6 Å². The minimum Gasteiger partial charge on any atom is -0.356 e. The summed E-state index contributed by atoms with van der Waals surface area (Å²) in [5, 5.41) is 3.07. The highest BCUT2D eigenvalue weighted by Gasteiger charge is 2.34. The SMILES string of the molecule is O=C(NCCC(c1ccccc1)c1ccccc1)C1CC(=O)N(Cc2ccccn2)C1. The summed E-state index contributed by atoms with van der Waals surface area (Å²) in [4.78, 5) is 31.1. The highest BCUT2D eigenvalue weighted by atomic mass is 16.2. The molecule has 1 unspecified atom stereocenters. The van der Waals surface area contributed by atoms with Crippen LogP contribution in [0.25, 0.3) is 0 Å². The van der Waals surface area contributed by atoms with Gasteiger partial charge < -0.3 is 10.2 Å². The number of pyridine rings is 1. The molecule has 1 saturated heterocycles. The molecule has 0 spiro atoms. The van der Waals surface area contributed by atoms with Crippen LogP contribution in [0.3, 0.4) is 0 Å². The van der Waals surface area contributed by atoms with E-state index in [0.29, 0.717) is 19.6 Å². The van der Waals surface area contributed by atoms with Crippen LogP contribution in [0, 0.1) is 5.92 Å². The van der Waals surface area contributed by atoms with Crippen LogP contribution in [0.5, 0.6) is 0 Å². The third-order valence-corrected chi connectivity index (χ3v) is 5.80. The number of nitrogens with zero attached hydrogens (tertiary/aromatic N) is 2. The molecule has 1 atom stereocenters. The molecule has 0 bridgehead atoms. The van der Waals surface area contributed by atoms with Crippen LogP contribution in [0.2, 0.25) is 0 Å². The molecule has 2 amide bonds. The second-order valence-electron chi connectivity index (χ2n) is 7.95.